The molecule has 0 unspecified atom stereocenters. The van der Waals surface area contributed by atoms with Crippen LogP contribution in [0.1, 0.15) is 38.6 Å². The number of nitrogens with zero attached hydrogens (tertiary/aromatic N) is 3. The van der Waals surface area contributed by atoms with E-state index in [0.29, 0.717) is 18.3 Å². The van der Waals surface area contributed by atoms with E-state index in [1.165, 1.54) is 12.8 Å². The minimum absolute atomic E-state index is 0.423. The lowest BCUT2D eigenvalue weighted by Gasteiger charge is -2.16. The van der Waals surface area contributed by atoms with Gasteiger partial charge in [0.05, 0.1) is 12.1 Å². The molecular weight excluding hydrogens is 224 g/mol. The molecule has 0 radical (unpaired) electrons. The first-order valence-electron chi connectivity index (χ1n) is 5.50. The molecule has 1 aliphatic carbocycles. The van der Waals surface area contributed by atoms with E-state index in [0.717, 1.165) is 11.0 Å². The van der Waals surface area contributed by atoms with Crippen molar-refractivity contribution in [2.45, 2.75) is 50.0 Å². The molecule has 0 spiro atoms. The molecule has 1 aromatic rings. The van der Waals surface area contributed by atoms with Crippen LogP contribution in [0.25, 0.3) is 0 Å². The maximum Gasteiger partial charge on any atom is 0.191 e. The summed E-state index contributed by atoms with van der Waals surface area (Å²) in [4.78, 5) is 0. The SMILES string of the molecule is CC(C)(O)CSc1nnc(CN)n1C1CC1. The molecule has 0 aliphatic heterocycles. The van der Waals surface area contributed by atoms with Gasteiger partial charge in [0, 0.05) is 11.8 Å². The number of hydrogen-bond donors (Lipinski definition) is 2. The van der Waals surface area contributed by atoms with E-state index in [2.05, 4.69) is 14.8 Å². The van der Waals surface area contributed by atoms with E-state index in [-0.39, 0.29) is 0 Å². The van der Waals surface area contributed by atoms with Crippen LogP contribution in [0, 0.1) is 0 Å². The van der Waals surface area contributed by atoms with Gasteiger partial charge >= 0.3 is 0 Å². The van der Waals surface area contributed by atoms with Crippen molar-refractivity contribution in [1.82, 2.24) is 14.8 Å². The topological polar surface area (TPSA) is 77.0 Å². The summed E-state index contributed by atoms with van der Waals surface area (Å²) in [5.74, 6) is 1.46. The Kier molecular flexibility index (Phi) is 3.23. The van der Waals surface area contributed by atoms with E-state index in [4.69, 9.17) is 5.73 Å². The summed E-state index contributed by atoms with van der Waals surface area (Å²) in [6.07, 6.45) is 2.36. The van der Waals surface area contributed by atoms with Gasteiger partial charge in [-0.15, -0.1) is 10.2 Å². The van der Waals surface area contributed by atoms with Crippen LogP contribution in [0.2, 0.25) is 0 Å². The van der Waals surface area contributed by atoms with Gasteiger partial charge in [0.1, 0.15) is 5.82 Å². The molecule has 0 amide bonds. The summed E-state index contributed by atoms with van der Waals surface area (Å²) in [5.41, 5.74) is 4.94. The number of nitrogens with two attached hydrogens (primary N) is 1. The van der Waals surface area contributed by atoms with Crippen molar-refractivity contribution >= 4 is 11.8 Å². The van der Waals surface area contributed by atoms with Crippen molar-refractivity contribution in [2.24, 2.45) is 5.73 Å². The highest BCUT2D eigenvalue weighted by Crippen LogP contribution is 2.39. The van der Waals surface area contributed by atoms with Crippen LogP contribution in [0.15, 0.2) is 5.16 Å². The van der Waals surface area contributed by atoms with Crippen molar-refractivity contribution in [3.8, 4) is 0 Å². The molecule has 5 nitrogen and oxygen atoms in total. The Morgan fingerprint density at radius 2 is 2.19 bits per heavy atom. The van der Waals surface area contributed by atoms with Crippen LogP contribution in [-0.4, -0.2) is 31.2 Å². The smallest absolute Gasteiger partial charge is 0.191 e. The van der Waals surface area contributed by atoms with E-state index >= 15 is 0 Å². The Morgan fingerprint density at radius 1 is 1.50 bits per heavy atom. The zero-order valence-electron chi connectivity index (χ0n) is 9.68. The fraction of sp³-hybridized carbons (Fsp3) is 0.800. The normalized spacial score (nSPS) is 16.8. The van der Waals surface area contributed by atoms with Crippen molar-refractivity contribution in [3.05, 3.63) is 5.82 Å². The highest BCUT2D eigenvalue weighted by molar-refractivity contribution is 7.99. The first kappa shape index (κ1) is 11.9. The lowest BCUT2D eigenvalue weighted by molar-refractivity contribution is 0.107. The van der Waals surface area contributed by atoms with E-state index in [1.54, 1.807) is 25.6 Å². The van der Waals surface area contributed by atoms with Gasteiger partial charge in [0.2, 0.25) is 0 Å². The van der Waals surface area contributed by atoms with Gasteiger partial charge in [-0.25, -0.2) is 0 Å². The Bertz CT molecular complexity index is 367. The highest BCUT2D eigenvalue weighted by atomic mass is 32.2. The molecule has 3 N–H and O–H groups in total. The summed E-state index contributed by atoms with van der Waals surface area (Å²) in [7, 11) is 0. The van der Waals surface area contributed by atoms with E-state index in [9.17, 15) is 5.11 Å². The summed E-state index contributed by atoms with van der Waals surface area (Å²) < 4.78 is 2.12. The monoisotopic (exact) mass is 242 g/mol. The molecular formula is C10H18N4OS. The van der Waals surface area contributed by atoms with Gasteiger partial charge in [-0.3, -0.25) is 0 Å². The molecule has 16 heavy (non-hydrogen) atoms. The summed E-state index contributed by atoms with van der Waals surface area (Å²) in [6.45, 7) is 4.01. The minimum Gasteiger partial charge on any atom is -0.390 e. The average molecular weight is 242 g/mol. The second-order valence-corrected chi connectivity index (χ2v) is 5.75. The number of aromatic nitrogens is 3. The average Bonchev–Trinajstić information content (AvgIpc) is 2.94. The van der Waals surface area contributed by atoms with Crippen molar-refractivity contribution < 1.29 is 5.11 Å². The molecule has 0 bridgehead atoms. The summed E-state index contributed by atoms with van der Waals surface area (Å²) in [6, 6.07) is 0.526. The highest BCUT2D eigenvalue weighted by Gasteiger charge is 2.29. The molecule has 1 saturated carbocycles. The fourth-order valence-corrected chi connectivity index (χ4v) is 2.46. The maximum absolute atomic E-state index is 9.69. The lowest BCUT2D eigenvalue weighted by Crippen LogP contribution is -2.22. The lowest BCUT2D eigenvalue weighted by atomic mass is 10.2. The van der Waals surface area contributed by atoms with Gasteiger partial charge in [-0.05, 0) is 26.7 Å². The van der Waals surface area contributed by atoms with Gasteiger partial charge in [0.25, 0.3) is 0 Å². The minimum atomic E-state index is -0.687. The Balaban J connectivity index is 2.11. The first-order valence-corrected chi connectivity index (χ1v) is 6.49. The molecule has 1 aliphatic rings. The molecule has 2 rings (SSSR count). The van der Waals surface area contributed by atoms with Crippen molar-refractivity contribution in [3.63, 3.8) is 0 Å². The fourth-order valence-electron chi connectivity index (χ4n) is 1.49. The van der Waals surface area contributed by atoms with Crippen LogP contribution < -0.4 is 5.73 Å². The van der Waals surface area contributed by atoms with Gasteiger partial charge in [-0.1, -0.05) is 11.8 Å². The summed E-state index contributed by atoms with van der Waals surface area (Å²) in [5, 5.41) is 18.8. The number of rotatable bonds is 5. The molecule has 1 aromatic heterocycles. The standard InChI is InChI=1S/C10H18N4OS/c1-10(2,15)6-16-9-13-12-8(5-11)14(9)7-3-4-7/h7,15H,3-6,11H2,1-2H3. The second kappa shape index (κ2) is 4.35. The number of thioether (sulfide) groups is 1. The van der Waals surface area contributed by atoms with Crippen LogP contribution >= 0.6 is 11.8 Å². The maximum atomic E-state index is 9.69. The van der Waals surface area contributed by atoms with Crippen molar-refractivity contribution in [1.29, 1.82) is 0 Å². The third-order valence-electron chi connectivity index (χ3n) is 2.38. The molecule has 6 heteroatoms. The number of hydrogen-bond acceptors (Lipinski definition) is 5. The zero-order valence-corrected chi connectivity index (χ0v) is 10.5. The Labute approximate surface area is 99.4 Å². The van der Waals surface area contributed by atoms with Gasteiger partial charge in [-0.2, -0.15) is 0 Å². The van der Waals surface area contributed by atoms with Gasteiger partial charge in [0.15, 0.2) is 5.16 Å². The predicted molar refractivity (Wildman–Crippen MR) is 63.2 cm³/mol. The Morgan fingerprint density at radius 3 is 2.69 bits per heavy atom. The number of aliphatic hydroxyl groups is 1. The largest absolute Gasteiger partial charge is 0.390 e. The van der Waals surface area contributed by atoms with Crippen LogP contribution in [0.4, 0.5) is 0 Å². The third-order valence-corrected chi connectivity index (χ3v) is 3.77. The van der Waals surface area contributed by atoms with Gasteiger partial charge < -0.3 is 15.4 Å². The van der Waals surface area contributed by atoms with Crippen LogP contribution in [-0.2, 0) is 6.54 Å². The molecule has 0 saturated heterocycles. The third kappa shape index (κ3) is 2.75. The van der Waals surface area contributed by atoms with E-state index < -0.39 is 5.60 Å². The quantitative estimate of drug-likeness (QED) is 0.751. The van der Waals surface area contributed by atoms with Crippen LogP contribution in [0.3, 0.4) is 0 Å². The Hall–Kier alpha value is -0.590. The van der Waals surface area contributed by atoms with Crippen molar-refractivity contribution in [2.75, 3.05) is 5.75 Å². The van der Waals surface area contributed by atoms with Crippen LogP contribution in [0.5, 0.6) is 0 Å². The van der Waals surface area contributed by atoms with E-state index in [1.807, 2.05) is 0 Å². The molecule has 1 fully saturated rings. The molecule has 0 aromatic carbocycles. The predicted octanol–water partition coefficient (Wildman–Crippen LogP) is 0.935. The molecule has 1 heterocycles. The molecule has 0 atom stereocenters. The second-order valence-electron chi connectivity index (χ2n) is 4.81. The zero-order chi connectivity index (χ0) is 11.8. The first-order chi connectivity index (χ1) is 7.51. The molecule has 90 valence electrons. The summed E-state index contributed by atoms with van der Waals surface area (Å²) >= 11 is 1.54.